The minimum Gasteiger partial charge on any atom is -0.436 e. The van der Waals surface area contributed by atoms with Gasteiger partial charge in [-0.05, 0) is 37.7 Å². The summed E-state index contributed by atoms with van der Waals surface area (Å²) in [6, 6.07) is 3.65. The van der Waals surface area contributed by atoms with Gasteiger partial charge in [-0.15, -0.1) is 0 Å². The van der Waals surface area contributed by atoms with Crippen molar-refractivity contribution in [3.8, 4) is 6.07 Å². The maximum Gasteiger partial charge on any atom is 0.433 e. The fraction of sp³-hybridized carbons (Fsp3) is 0.250. The normalized spacial score (nSPS) is 11.4. The highest BCUT2D eigenvalue weighted by Gasteiger charge is 2.33. The van der Waals surface area contributed by atoms with Crippen molar-refractivity contribution >= 4 is 11.8 Å². The lowest BCUT2D eigenvalue weighted by molar-refractivity contribution is -0.141. The Morgan fingerprint density at radius 1 is 1.25 bits per heavy atom. The summed E-state index contributed by atoms with van der Waals surface area (Å²) in [5.41, 5.74) is -0.381. The molecule has 0 aliphatic heterocycles. The number of nitriles is 1. The number of aromatic nitrogens is 2. The number of hydrogen-bond donors (Lipinski definition) is 0. The zero-order chi connectivity index (χ0) is 14.9. The molecule has 0 unspecified atom stereocenters. The van der Waals surface area contributed by atoms with Crippen molar-refractivity contribution in [1.82, 2.24) is 9.97 Å². The van der Waals surface area contributed by atoms with E-state index in [1.54, 1.807) is 19.9 Å². The Bertz CT molecular complexity index is 669. The Morgan fingerprint density at radius 3 is 2.45 bits per heavy atom. The Hall–Kier alpha value is -2.01. The maximum absolute atomic E-state index is 12.6. The number of hydrogen-bond acceptors (Lipinski definition) is 5. The van der Waals surface area contributed by atoms with Crippen LogP contribution in [0.3, 0.4) is 0 Å². The Kier molecular flexibility index (Phi) is 3.72. The van der Waals surface area contributed by atoms with Crippen molar-refractivity contribution in [2.75, 3.05) is 0 Å². The maximum atomic E-state index is 12.6. The highest BCUT2D eigenvalue weighted by atomic mass is 32.2. The van der Waals surface area contributed by atoms with Gasteiger partial charge in [0, 0.05) is 0 Å². The van der Waals surface area contributed by atoms with Gasteiger partial charge in [0.05, 0.1) is 11.3 Å². The summed E-state index contributed by atoms with van der Waals surface area (Å²) >= 11 is 0.793. The third kappa shape index (κ3) is 2.93. The quantitative estimate of drug-likeness (QED) is 0.845. The predicted octanol–water partition coefficient (Wildman–Crippen LogP) is 3.73. The Balaban J connectivity index is 2.41. The number of halogens is 3. The van der Waals surface area contributed by atoms with Gasteiger partial charge in [0.2, 0.25) is 0 Å². The molecule has 0 aliphatic carbocycles. The number of nitrogens with zero attached hydrogens (tertiary/aromatic N) is 3. The molecule has 0 aromatic carbocycles. The minimum atomic E-state index is -4.56. The van der Waals surface area contributed by atoms with Gasteiger partial charge in [0.1, 0.15) is 22.5 Å². The molecule has 0 saturated carbocycles. The third-order valence-electron chi connectivity index (χ3n) is 2.46. The van der Waals surface area contributed by atoms with Crippen molar-refractivity contribution < 1.29 is 17.6 Å². The molecule has 2 aromatic rings. The predicted molar refractivity (Wildman–Crippen MR) is 64.1 cm³/mol. The Morgan fingerprint density at radius 2 is 1.95 bits per heavy atom. The number of pyridine rings is 1. The molecule has 0 N–H and O–H groups in total. The summed E-state index contributed by atoms with van der Waals surface area (Å²) in [6.07, 6.45) is -4.56. The zero-order valence-corrected chi connectivity index (χ0v) is 11.3. The summed E-state index contributed by atoms with van der Waals surface area (Å²) in [6.45, 7) is 3.41. The third-order valence-corrected chi connectivity index (χ3v) is 3.32. The topological polar surface area (TPSA) is 62.7 Å². The number of oxazole rings is 1. The summed E-state index contributed by atoms with van der Waals surface area (Å²) in [4.78, 5) is 7.50. The van der Waals surface area contributed by atoms with E-state index in [1.807, 2.05) is 0 Å². The van der Waals surface area contributed by atoms with Crippen LogP contribution < -0.4 is 0 Å². The van der Waals surface area contributed by atoms with Gasteiger partial charge < -0.3 is 4.42 Å². The summed E-state index contributed by atoms with van der Waals surface area (Å²) in [7, 11) is 0. The van der Waals surface area contributed by atoms with Gasteiger partial charge in [-0.2, -0.15) is 18.4 Å². The van der Waals surface area contributed by atoms with Crippen LogP contribution >= 0.6 is 11.8 Å². The average Bonchev–Trinajstić information content (AvgIpc) is 2.67. The summed E-state index contributed by atoms with van der Waals surface area (Å²) in [5.74, 6) is 0.568. The molecular weight excluding hydrogens is 291 g/mol. The van der Waals surface area contributed by atoms with Crippen LogP contribution in [0.1, 0.15) is 22.7 Å². The molecule has 0 atom stereocenters. The molecule has 2 heterocycles. The monoisotopic (exact) mass is 299 g/mol. The van der Waals surface area contributed by atoms with E-state index in [9.17, 15) is 13.2 Å². The lowest BCUT2D eigenvalue weighted by Crippen LogP contribution is -2.08. The fourth-order valence-corrected chi connectivity index (χ4v) is 2.21. The first-order chi connectivity index (χ1) is 9.31. The Labute approximate surface area is 116 Å². The van der Waals surface area contributed by atoms with E-state index in [-0.39, 0.29) is 15.8 Å². The SMILES string of the molecule is Cc1nc(Sc2nc(C(F)(F)F)ccc2C#N)oc1C. The van der Waals surface area contributed by atoms with Crippen LogP contribution in [0.25, 0.3) is 0 Å². The second kappa shape index (κ2) is 5.17. The van der Waals surface area contributed by atoms with E-state index < -0.39 is 11.9 Å². The van der Waals surface area contributed by atoms with Crippen LogP contribution in [0.2, 0.25) is 0 Å². The number of rotatable bonds is 2. The smallest absolute Gasteiger partial charge is 0.433 e. The number of alkyl halides is 3. The molecule has 2 aromatic heterocycles. The minimum absolute atomic E-state index is 0.0384. The lowest BCUT2D eigenvalue weighted by atomic mass is 10.2. The zero-order valence-electron chi connectivity index (χ0n) is 10.4. The molecule has 8 heteroatoms. The molecule has 0 bridgehead atoms. The first kappa shape index (κ1) is 14.4. The standard InChI is InChI=1S/C12H8F3N3OS/c1-6-7(2)19-11(17-6)20-10-8(5-16)3-4-9(18-10)12(13,14)15/h3-4H,1-2H3. The molecule has 4 nitrogen and oxygen atoms in total. The molecule has 2 rings (SSSR count). The highest BCUT2D eigenvalue weighted by molar-refractivity contribution is 7.99. The van der Waals surface area contributed by atoms with Crippen LogP contribution in [0.5, 0.6) is 0 Å². The highest BCUT2D eigenvalue weighted by Crippen LogP contribution is 2.33. The van der Waals surface area contributed by atoms with E-state index >= 15 is 0 Å². The fourth-order valence-electron chi connectivity index (χ4n) is 1.33. The van der Waals surface area contributed by atoms with Crippen molar-refractivity contribution in [2.24, 2.45) is 0 Å². The van der Waals surface area contributed by atoms with Gasteiger partial charge in [0.15, 0.2) is 0 Å². The van der Waals surface area contributed by atoms with Gasteiger partial charge >= 0.3 is 6.18 Å². The van der Waals surface area contributed by atoms with E-state index in [1.165, 1.54) is 0 Å². The van der Waals surface area contributed by atoms with Crippen molar-refractivity contribution in [3.05, 3.63) is 34.8 Å². The molecule has 104 valence electrons. The second-order valence-electron chi connectivity index (χ2n) is 3.88. The molecule has 0 saturated heterocycles. The first-order valence-electron chi connectivity index (χ1n) is 5.41. The van der Waals surface area contributed by atoms with Crippen LogP contribution in [-0.4, -0.2) is 9.97 Å². The van der Waals surface area contributed by atoms with Gasteiger partial charge in [0.25, 0.3) is 5.22 Å². The van der Waals surface area contributed by atoms with Crippen molar-refractivity contribution in [3.63, 3.8) is 0 Å². The van der Waals surface area contributed by atoms with Crippen molar-refractivity contribution in [2.45, 2.75) is 30.3 Å². The molecule has 0 spiro atoms. The number of aryl methyl sites for hydroxylation is 2. The average molecular weight is 299 g/mol. The molecule has 0 amide bonds. The van der Waals surface area contributed by atoms with Gasteiger partial charge in [-0.25, -0.2) is 9.97 Å². The summed E-state index contributed by atoms with van der Waals surface area (Å²) < 4.78 is 43.1. The van der Waals surface area contributed by atoms with Crippen LogP contribution in [0, 0.1) is 25.2 Å². The lowest BCUT2D eigenvalue weighted by Gasteiger charge is -2.07. The van der Waals surface area contributed by atoms with Crippen LogP contribution in [0.4, 0.5) is 13.2 Å². The van der Waals surface area contributed by atoms with Crippen LogP contribution in [0.15, 0.2) is 26.8 Å². The van der Waals surface area contributed by atoms with Gasteiger partial charge in [-0.3, -0.25) is 0 Å². The first-order valence-corrected chi connectivity index (χ1v) is 6.23. The molecular formula is C12H8F3N3OS. The van der Waals surface area contributed by atoms with E-state index in [0.29, 0.717) is 11.5 Å². The largest absolute Gasteiger partial charge is 0.436 e. The molecule has 0 fully saturated rings. The molecule has 0 aliphatic rings. The second-order valence-corrected chi connectivity index (χ2v) is 4.82. The van der Waals surface area contributed by atoms with Crippen molar-refractivity contribution in [1.29, 1.82) is 5.26 Å². The molecule has 20 heavy (non-hydrogen) atoms. The van der Waals surface area contributed by atoms with E-state index in [2.05, 4.69) is 9.97 Å². The van der Waals surface area contributed by atoms with Crippen LogP contribution in [-0.2, 0) is 6.18 Å². The molecule has 0 radical (unpaired) electrons. The summed E-state index contributed by atoms with van der Waals surface area (Å²) in [5, 5.41) is 8.99. The van der Waals surface area contributed by atoms with E-state index in [4.69, 9.17) is 9.68 Å². The van der Waals surface area contributed by atoms with Gasteiger partial charge in [-0.1, -0.05) is 0 Å². The van der Waals surface area contributed by atoms with E-state index in [0.717, 1.165) is 23.9 Å².